The highest BCUT2D eigenvalue weighted by Gasteiger charge is 2.40. The number of aryl methyl sites for hydroxylation is 2. The fourth-order valence-corrected chi connectivity index (χ4v) is 3.59. The number of fused-ring (bicyclic) bond motifs is 1. The highest BCUT2D eigenvalue weighted by molar-refractivity contribution is 5.41. The Kier molecular flexibility index (Phi) is 6.66. The highest BCUT2D eigenvalue weighted by Crippen LogP contribution is 2.40. The minimum atomic E-state index is -0.444. The van der Waals surface area contributed by atoms with E-state index < -0.39 is 5.41 Å². The largest absolute Gasteiger partial charge is 0.259 e. The van der Waals surface area contributed by atoms with E-state index >= 15 is 0 Å². The van der Waals surface area contributed by atoms with Crippen LogP contribution in [0.15, 0.2) is 12.3 Å². The maximum Gasteiger partial charge on any atom is 0.101 e. The van der Waals surface area contributed by atoms with Gasteiger partial charge in [-0.25, -0.2) is 0 Å². The molecule has 23 heavy (non-hydrogen) atoms. The molecule has 0 aliphatic heterocycles. The summed E-state index contributed by atoms with van der Waals surface area (Å²) in [4.78, 5) is 4.67. The van der Waals surface area contributed by atoms with Crippen LogP contribution in [0.25, 0.3) is 0 Å². The average molecular weight is 308 g/mol. The van der Waals surface area contributed by atoms with Crippen LogP contribution in [-0.4, -0.2) is 4.98 Å². The number of rotatable bonds is 9. The van der Waals surface area contributed by atoms with Gasteiger partial charge in [0, 0.05) is 12.6 Å². The van der Waals surface area contributed by atoms with Crippen molar-refractivity contribution < 1.29 is 0 Å². The van der Waals surface area contributed by atoms with Gasteiger partial charge in [-0.2, -0.15) is 5.26 Å². The topological polar surface area (TPSA) is 36.7 Å². The smallest absolute Gasteiger partial charge is 0.101 e. The quantitative estimate of drug-likeness (QED) is 0.470. The van der Waals surface area contributed by atoms with Crippen molar-refractivity contribution in [1.29, 1.82) is 5.26 Å². The third-order valence-electron chi connectivity index (χ3n) is 5.03. The van der Waals surface area contributed by atoms with Crippen molar-refractivity contribution in [3.8, 4) is 18.4 Å². The SMILES string of the molecule is C#CCC[C@]1(C#N)CCc2cc(CCCCCCCC)cnc21. The lowest BCUT2D eigenvalue weighted by Crippen LogP contribution is -2.21. The van der Waals surface area contributed by atoms with Gasteiger partial charge < -0.3 is 0 Å². The lowest BCUT2D eigenvalue weighted by molar-refractivity contribution is 0.497. The monoisotopic (exact) mass is 308 g/mol. The van der Waals surface area contributed by atoms with Crippen LogP contribution in [0.1, 0.15) is 81.5 Å². The van der Waals surface area contributed by atoms with Crippen LogP contribution < -0.4 is 0 Å². The fourth-order valence-electron chi connectivity index (χ4n) is 3.59. The second-order valence-corrected chi connectivity index (χ2v) is 6.77. The summed E-state index contributed by atoms with van der Waals surface area (Å²) in [5.41, 5.74) is 3.14. The number of hydrogen-bond donors (Lipinski definition) is 0. The summed E-state index contributed by atoms with van der Waals surface area (Å²) < 4.78 is 0. The van der Waals surface area contributed by atoms with Crippen LogP contribution in [0.5, 0.6) is 0 Å². The van der Waals surface area contributed by atoms with Crippen molar-refractivity contribution >= 4 is 0 Å². The Hall–Kier alpha value is -1.80. The molecule has 2 heteroatoms. The van der Waals surface area contributed by atoms with Gasteiger partial charge >= 0.3 is 0 Å². The molecule has 0 unspecified atom stereocenters. The molecule has 1 aliphatic carbocycles. The molecule has 0 fully saturated rings. The first-order valence-corrected chi connectivity index (χ1v) is 9.08. The molecule has 0 N–H and O–H groups in total. The minimum absolute atomic E-state index is 0.444. The third kappa shape index (κ3) is 4.35. The van der Waals surface area contributed by atoms with Crippen LogP contribution in [0.3, 0.4) is 0 Å². The first-order chi connectivity index (χ1) is 11.3. The van der Waals surface area contributed by atoms with Gasteiger partial charge in [-0.15, -0.1) is 12.3 Å². The molecule has 1 heterocycles. The van der Waals surface area contributed by atoms with E-state index in [4.69, 9.17) is 6.42 Å². The second-order valence-electron chi connectivity index (χ2n) is 6.77. The number of nitrogens with zero attached hydrogens (tertiary/aromatic N) is 2. The Morgan fingerprint density at radius 2 is 2.04 bits per heavy atom. The van der Waals surface area contributed by atoms with Gasteiger partial charge in [-0.1, -0.05) is 45.1 Å². The molecule has 0 bridgehead atoms. The Bertz CT molecular complexity index is 591. The fraction of sp³-hybridized carbons (Fsp3) is 0.619. The Morgan fingerprint density at radius 1 is 1.26 bits per heavy atom. The zero-order valence-electron chi connectivity index (χ0n) is 14.4. The zero-order chi connectivity index (χ0) is 16.5. The van der Waals surface area contributed by atoms with Crippen molar-refractivity contribution in [2.45, 2.75) is 83.0 Å². The van der Waals surface area contributed by atoms with Crippen LogP contribution in [0, 0.1) is 23.7 Å². The summed E-state index contributed by atoms with van der Waals surface area (Å²) in [6, 6.07) is 4.78. The van der Waals surface area contributed by atoms with Crippen LogP contribution >= 0.6 is 0 Å². The van der Waals surface area contributed by atoms with Gasteiger partial charge in [0.05, 0.1) is 11.8 Å². The summed E-state index contributed by atoms with van der Waals surface area (Å²) in [5, 5.41) is 9.64. The standard InChI is InChI=1S/C21H28N2/c1-3-5-7-8-9-10-11-18-15-19-12-14-21(17-22,13-6-4-2)20(19)23-16-18/h2,15-16H,3,5-14H2,1H3/t21-/m1/s1. The van der Waals surface area contributed by atoms with E-state index in [1.165, 1.54) is 49.7 Å². The number of pyridine rings is 1. The van der Waals surface area contributed by atoms with E-state index in [1.54, 1.807) is 0 Å². The number of hydrogen-bond acceptors (Lipinski definition) is 2. The van der Waals surface area contributed by atoms with E-state index in [0.29, 0.717) is 6.42 Å². The van der Waals surface area contributed by atoms with Crippen molar-refractivity contribution in [2.24, 2.45) is 0 Å². The van der Waals surface area contributed by atoms with Crippen molar-refractivity contribution in [1.82, 2.24) is 4.98 Å². The molecule has 0 spiro atoms. The lowest BCUT2D eigenvalue weighted by atomic mass is 9.82. The van der Waals surface area contributed by atoms with Crippen LogP contribution in [0.4, 0.5) is 0 Å². The molecule has 1 atom stereocenters. The van der Waals surface area contributed by atoms with Gasteiger partial charge in [0.25, 0.3) is 0 Å². The van der Waals surface area contributed by atoms with Crippen LogP contribution in [0.2, 0.25) is 0 Å². The number of terminal acetylenes is 1. The van der Waals surface area contributed by atoms with Crippen molar-refractivity contribution in [3.63, 3.8) is 0 Å². The lowest BCUT2D eigenvalue weighted by Gasteiger charge is -2.19. The van der Waals surface area contributed by atoms with Gasteiger partial charge in [-0.05, 0) is 43.2 Å². The summed E-state index contributed by atoms with van der Waals surface area (Å²) in [5.74, 6) is 2.67. The van der Waals surface area contributed by atoms with E-state index in [1.807, 2.05) is 6.20 Å². The van der Waals surface area contributed by atoms with Gasteiger partial charge in [0.2, 0.25) is 0 Å². The van der Waals surface area contributed by atoms with E-state index in [0.717, 1.165) is 31.4 Å². The molecular formula is C21H28N2. The summed E-state index contributed by atoms with van der Waals surface area (Å²) in [7, 11) is 0. The molecule has 0 saturated heterocycles. The molecular weight excluding hydrogens is 280 g/mol. The number of nitriles is 1. The first kappa shape index (κ1) is 17.6. The molecule has 2 rings (SSSR count). The third-order valence-corrected chi connectivity index (χ3v) is 5.03. The molecule has 0 saturated carbocycles. The average Bonchev–Trinajstić information content (AvgIpc) is 2.95. The van der Waals surface area contributed by atoms with Gasteiger partial charge in [-0.3, -0.25) is 4.98 Å². The maximum atomic E-state index is 9.64. The first-order valence-electron chi connectivity index (χ1n) is 9.08. The predicted octanol–water partition coefficient (Wildman–Crippen LogP) is 5.11. The molecule has 0 radical (unpaired) electrons. The molecule has 0 amide bonds. The summed E-state index contributed by atoms with van der Waals surface area (Å²) >= 11 is 0. The van der Waals surface area contributed by atoms with Gasteiger partial charge in [0.15, 0.2) is 0 Å². The maximum absolute atomic E-state index is 9.64. The predicted molar refractivity (Wildman–Crippen MR) is 95.0 cm³/mol. The zero-order valence-corrected chi connectivity index (χ0v) is 14.4. The van der Waals surface area contributed by atoms with Crippen molar-refractivity contribution in [3.05, 3.63) is 29.1 Å². The minimum Gasteiger partial charge on any atom is -0.259 e. The molecule has 1 aliphatic rings. The molecule has 2 nitrogen and oxygen atoms in total. The van der Waals surface area contributed by atoms with E-state index in [2.05, 4.69) is 30.0 Å². The molecule has 122 valence electrons. The Labute approximate surface area is 141 Å². The Balaban J connectivity index is 1.93. The molecule has 1 aromatic heterocycles. The van der Waals surface area contributed by atoms with Gasteiger partial charge in [0.1, 0.15) is 5.41 Å². The van der Waals surface area contributed by atoms with E-state index in [-0.39, 0.29) is 0 Å². The number of unbranched alkanes of at least 4 members (excludes halogenated alkanes) is 5. The summed E-state index contributed by atoms with van der Waals surface area (Å²) in [6.07, 6.45) is 19.6. The number of aromatic nitrogens is 1. The normalized spacial score (nSPS) is 19.1. The molecule has 0 aromatic carbocycles. The highest BCUT2D eigenvalue weighted by atomic mass is 14.7. The van der Waals surface area contributed by atoms with Crippen LogP contribution in [-0.2, 0) is 18.3 Å². The Morgan fingerprint density at radius 3 is 2.78 bits per heavy atom. The van der Waals surface area contributed by atoms with Crippen molar-refractivity contribution in [2.75, 3.05) is 0 Å². The molecule has 1 aromatic rings. The second kappa shape index (κ2) is 8.73. The summed E-state index contributed by atoms with van der Waals surface area (Å²) in [6.45, 7) is 2.25. The van der Waals surface area contributed by atoms with E-state index in [9.17, 15) is 5.26 Å².